The van der Waals surface area contributed by atoms with E-state index in [0.717, 1.165) is 18.7 Å². The van der Waals surface area contributed by atoms with Gasteiger partial charge in [0.15, 0.2) is 0 Å². The highest BCUT2D eigenvalue weighted by Gasteiger charge is 2.01. The Morgan fingerprint density at radius 3 is 3.07 bits per heavy atom. The van der Waals surface area contributed by atoms with E-state index < -0.39 is 0 Å². The molecule has 0 saturated heterocycles. The van der Waals surface area contributed by atoms with Crippen molar-refractivity contribution in [3.63, 3.8) is 0 Å². The zero-order chi connectivity index (χ0) is 10.4. The van der Waals surface area contributed by atoms with Crippen molar-refractivity contribution in [3.8, 4) is 0 Å². The van der Waals surface area contributed by atoms with Crippen LogP contribution in [-0.4, -0.2) is 24.7 Å². The Hall–Kier alpha value is -1.29. The van der Waals surface area contributed by atoms with E-state index in [1.165, 1.54) is 0 Å². The van der Waals surface area contributed by atoms with Crippen LogP contribution in [0, 0.1) is 0 Å². The highest BCUT2D eigenvalue weighted by molar-refractivity contribution is 5.50. The summed E-state index contributed by atoms with van der Waals surface area (Å²) in [4.78, 5) is 3.92. The molecule has 78 valence electrons. The number of aromatic nitrogens is 1. The molecule has 0 amide bonds. The van der Waals surface area contributed by atoms with Crippen molar-refractivity contribution in [3.05, 3.63) is 18.3 Å². The van der Waals surface area contributed by atoms with Gasteiger partial charge in [0, 0.05) is 37.7 Å². The molecule has 0 fully saturated rings. The average Bonchev–Trinajstić information content (AvgIpc) is 2.15. The molecule has 1 atom stereocenters. The zero-order valence-electron chi connectivity index (χ0n) is 8.66. The fraction of sp³-hybridized carbons (Fsp3) is 0.500. The molecule has 0 saturated carbocycles. The highest BCUT2D eigenvalue weighted by atomic mass is 16.5. The minimum Gasteiger partial charge on any atom is -0.385 e. The van der Waals surface area contributed by atoms with Crippen molar-refractivity contribution in [1.29, 1.82) is 0 Å². The van der Waals surface area contributed by atoms with Gasteiger partial charge in [-0.25, -0.2) is 4.98 Å². The van der Waals surface area contributed by atoms with Crippen LogP contribution in [0.25, 0.3) is 0 Å². The number of rotatable bonds is 5. The molecule has 0 aliphatic carbocycles. The van der Waals surface area contributed by atoms with Crippen molar-refractivity contribution in [2.24, 2.45) is 0 Å². The Labute approximate surface area is 84.5 Å². The summed E-state index contributed by atoms with van der Waals surface area (Å²) in [5.74, 6) is 0.536. The Morgan fingerprint density at radius 1 is 1.64 bits per heavy atom. The molecule has 1 aromatic heterocycles. The van der Waals surface area contributed by atoms with Gasteiger partial charge in [0.2, 0.25) is 0 Å². The van der Waals surface area contributed by atoms with Gasteiger partial charge in [-0.3, -0.25) is 0 Å². The number of pyridine rings is 1. The molecular formula is C10H17N3O. The van der Waals surface area contributed by atoms with Crippen molar-refractivity contribution in [1.82, 2.24) is 4.98 Å². The van der Waals surface area contributed by atoms with Crippen LogP contribution in [0.1, 0.15) is 13.3 Å². The first kappa shape index (κ1) is 10.8. The third-order valence-electron chi connectivity index (χ3n) is 1.95. The summed E-state index contributed by atoms with van der Waals surface area (Å²) in [6, 6.07) is 4.10. The topological polar surface area (TPSA) is 60.2 Å². The van der Waals surface area contributed by atoms with Gasteiger partial charge in [0.25, 0.3) is 0 Å². The summed E-state index contributed by atoms with van der Waals surface area (Å²) in [7, 11) is 1.71. The molecule has 1 aromatic rings. The quantitative estimate of drug-likeness (QED) is 0.747. The van der Waals surface area contributed by atoms with E-state index in [-0.39, 0.29) is 0 Å². The van der Waals surface area contributed by atoms with Crippen LogP contribution >= 0.6 is 0 Å². The molecule has 0 aromatic carbocycles. The molecule has 4 nitrogen and oxygen atoms in total. The van der Waals surface area contributed by atoms with E-state index in [1.807, 2.05) is 12.1 Å². The second-order valence-electron chi connectivity index (χ2n) is 3.30. The Balaban J connectivity index is 2.43. The third-order valence-corrected chi connectivity index (χ3v) is 1.95. The number of nitrogens with two attached hydrogens (primary N) is 1. The second-order valence-corrected chi connectivity index (χ2v) is 3.30. The average molecular weight is 195 g/mol. The molecular weight excluding hydrogens is 178 g/mol. The summed E-state index contributed by atoms with van der Waals surface area (Å²) >= 11 is 0. The molecule has 0 spiro atoms. The molecule has 1 rings (SSSR count). The van der Waals surface area contributed by atoms with Gasteiger partial charge in [-0.15, -0.1) is 0 Å². The van der Waals surface area contributed by atoms with Gasteiger partial charge in [0.05, 0.1) is 0 Å². The number of hydrogen-bond donors (Lipinski definition) is 2. The second kappa shape index (κ2) is 5.44. The molecule has 0 radical (unpaired) electrons. The third kappa shape index (κ3) is 3.62. The summed E-state index contributed by atoms with van der Waals surface area (Å²) < 4.78 is 5.00. The van der Waals surface area contributed by atoms with Gasteiger partial charge < -0.3 is 15.8 Å². The predicted molar refractivity (Wildman–Crippen MR) is 58.2 cm³/mol. The fourth-order valence-electron chi connectivity index (χ4n) is 1.19. The maximum atomic E-state index is 5.56. The van der Waals surface area contributed by atoms with E-state index in [1.54, 1.807) is 13.3 Å². The Kier molecular flexibility index (Phi) is 4.19. The summed E-state index contributed by atoms with van der Waals surface area (Å²) in [6.45, 7) is 2.87. The van der Waals surface area contributed by atoms with Crippen molar-refractivity contribution in [2.45, 2.75) is 19.4 Å². The number of nitrogens with one attached hydrogen (secondary N) is 1. The Morgan fingerprint density at radius 2 is 2.43 bits per heavy atom. The van der Waals surface area contributed by atoms with Crippen molar-refractivity contribution < 1.29 is 4.74 Å². The van der Waals surface area contributed by atoms with Crippen LogP contribution in [0.5, 0.6) is 0 Å². The van der Waals surface area contributed by atoms with Gasteiger partial charge in [0.1, 0.15) is 5.82 Å². The van der Waals surface area contributed by atoms with E-state index >= 15 is 0 Å². The number of nitrogen functional groups attached to an aromatic ring is 1. The van der Waals surface area contributed by atoms with E-state index in [4.69, 9.17) is 10.5 Å². The molecule has 14 heavy (non-hydrogen) atoms. The van der Waals surface area contributed by atoms with Crippen LogP contribution in [0.4, 0.5) is 11.5 Å². The first-order valence-corrected chi connectivity index (χ1v) is 4.69. The highest BCUT2D eigenvalue weighted by Crippen LogP contribution is 2.11. The number of methoxy groups -OCH3 is 1. The smallest absolute Gasteiger partial charge is 0.125 e. The van der Waals surface area contributed by atoms with Gasteiger partial charge in [-0.05, 0) is 19.4 Å². The maximum Gasteiger partial charge on any atom is 0.125 e. The number of nitrogens with zero attached hydrogens (tertiary/aromatic N) is 1. The van der Waals surface area contributed by atoms with Crippen LogP contribution in [0.2, 0.25) is 0 Å². The SMILES string of the molecule is COCCC(C)Nc1ccnc(N)c1. The largest absolute Gasteiger partial charge is 0.385 e. The van der Waals surface area contributed by atoms with Gasteiger partial charge in [-0.2, -0.15) is 0 Å². The lowest BCUT2D eigenvalue weighted by molar-refractivity contribution is 0.191. The number of anilines is 2. The van der Waals surface area contributed by atoms with Crippen LogP contribution in [0.15, 0.2) is 18.3 Å². The summed E-state index contributed by atoms with van der Waals surface area (Å²) in [5, 5.41) is 3.32. The monoisotopic (exact) mass is 195 g/mol. The van der Waals surface area contributed by atoms with Crippen LogP contribution < -0.4 is 11.1 Å². The number of ether oxygens (including phenoxy) is 1. The minimum atomic E-state index is 0.372. The lowest BCUT2D eigenvalue weighted by Crippen LogP contribution is -2.17. The zero-order valence-corrected chi connectivity index (χ0v) is 8.66. The lowest BCUT2D eigenvalue weighted by atomic mass is 10.2. The standard InChI is InChI=1S/C10H17N3O/c1-8(4-6-14-2)13-9-3-5-12-10(11)7-9/h3,5,7-8H,4,6H2,1-2H3,(H3,11,12,13). The molecule has 0 aliphatic rings. The Bertz CT molecular complexity index is 278. The van der Waals surface area contributed by atoms with Crippen LogP contribution in [-0.2, 0) is 4.74 Å². The molecule has 1 heterocycles. The van der Waals surface area contributed by atoms with E-state index in [9.17, 15) is 0 Å². The first-order chi connectivity index (χ1) is 6.72. The summed E-state index contributed by atoms with van der Waals surface area (Å²) in [6.07, 6.45) is 2.67. The first-order valence-electron chi connectivity index (χ1n) is 4.69. The molecule has 1 unspecified atom stereocenters. The van der Waals surface area contributed by atoms with Gasteiger partial charge in [-0.1, -0.05) is 0 Å². The lowest BCUT2D eigenvalue weighted by Gasteiger charge is -2.14. The van der Waals surface area contributed by atoms with E-state index in [0.29, 0.717) is 11.9 Å². The fourth-order valence-corrected chi connectivity index (χ4v) is 1.19. The molecule has 4 heteroatoms. The normalized spacial score (nSPS) is 12.4. The molecule has 0 bridgehead atoms. The van der Waals surface area contributed by atoms with Crippen molar-refractivity contribution >= 4 is 11.5 Å². The summed E-state index contributed by atoms with van der Waals surface area (Å²) in [5.41, 5.74) is 6.56. The van der Waals surface area contributed by atoms with Crippen LogP contribution in [0.3, 0.4) is 0 Å². The molecule has 3 N–H and O–H groups in total. The number of hydrogen-bond acceptors (Lipinski definition) is 4. The molecule has 0 aliphatic heterocycles. The van der Waals surface area contributed by atoms with Gasteiger partial charge >= 0.3 is 0 Å². The van der Waals surface area contributed by atoms with Crippen molar-refractivity contribution in [2.75, 3.05) is 24.8 Å². The maximum absolute atomic E-state index is 5.56. The predicted octanol–water partition coefficient (Wildman–Crippen LogP) is 1.50. The minimum absolute atomic E-state index is 0.372. The van der Waals surface area contributed by atoms with E-state index in [2.05, 4.69) is 17.2 Å².